The largest absolute Gasteiger partial charge is 0.497 e. The lowest BCUT2D eigenvalue weighted by Crippen LogP contribution is -2.46. The lowest BCUT2D eigenvalue weighted by atomic mass is 9.80. The van der Waals surface area contributed by atoms with Gasteiger partial charge < -0.3 is 32.7 Å². The van der Waals surface area contributed by atoms with Crippen molar-refractivity contribution in [2.75, 3.05) is 32.8 Å². The highest BCUT2D eigenvalue weighted by molar-refractivity contribution is 7.33. The molecule has 1 aliphatic heterocycles. The maximum absolute atomic E-state index is 14.7. The minimum atomic E-state index is -3.48. The molecule has 4 unspecified atom stereocenters. The maximum atomic E-state index is 14.7. The van der Waals surface area contributed by atoms with Crippen LogP contribution in [0.3, 0.4) is 0 Å². The first-order chi connectivity index (χ1) is 38.2. The first kappa shape index (κ1) is 54.8. The number of amides is 1. The van der Waals surface area contributed by atoms with Crippen LogP contribution in [0, 0.1) is 17.2 Å². The van der Waals surface area contributed by atoms with E-state index < -0.39 is 55.9 Å². The van der Waals surface area contributed by atoms with Gasteiger partial charge in [-0.3, -0.25) is 33.9 Å². The molecule has 18 heteroatoms. The maximum Gasteiger partial charge on any atom is 0.319 e. The number of nitrogens with zero attached hydrogens (tertiary/aromatic N) is 5. The molecule has 0 bridgehead atoms. The van der Waals surface area contributed by atoms with Gasteiger partial charge in [0, 0.05) is 18.0 Å². The average Bonchev–Trinajstić information content (AvgIpc) is 4.26. The van der Waals surface area contributed by atoms with E-state index in [2.05, 4.69) is 69.9 Å². The van der Waals surface area contributed by atoms with E-state index in [1.807, 2.05) is 118 Å². The van der Waals surface area contributed by atoms with Crippen molar-refractivity contribution in [2.24, 2.45) is 5.92 Å². The zero-order chi connectivity index (χ0) is 55.5. The standard InChI is InChI=1S/C61H64N7O10P/c1-36(2)57(69)65-60-64-56-53(58(70)66-60)63-35-67(56)59-55(74-32-42-20-19-41-18-17-39-13-12-14-40-21-30-49(42)52(41)51(39)40)54(78-79(71)76-33-46(31-62)68(37(3)4)38(5)6)50(77-59)34-75-61(43-15-10-9-11-16-43,44-22-26-47(72-7)27-23-44)45-24-28-48(73-8)29-25-45/h9-30,35-38,46,50,54-55,59,79H,32-34H2,1-8H3,(H2,64,65,66,69,70)/t46?,50-,54?,55?,59-/m1/s1. The summed E-state index contributed by atoms with van der Waals surface area (Å²) in [4.78, 5) is 40.6. The molecule has 1 saturated heterocycles. The molecule has 0 spiro atoms. The van der Waals surface area contributed by atoms with E-state index in [0.29, 0.717) is 11.5 Å². The smallest absolute Gasteiger partial charge is 0.319 e. The Bertz CT molecular complexity index is 3640. The van der Waals surface area contributed by atoms with E-state index in [-0.39, 0.29) is 54.9 Å². The third kappa shape index (κ3) is 10.9. The first-order valence-corrected chi connectivity index (χ1v) is 27.6. The second-order valence-electron chi connectivity index (χ2n) is 20.5. The van der Waals surface area contributed by atoms with Gasteiger partial charge in [-0.2, -0.15) is 10.2 Å². The summed E-state index contributed by atoms with van der Waals surface area (Å²) < 4.78 is 62.0. The molecule has 17 nitrogen and oxygen atoms in total. The molecule has 1 aliphatic rings. The molecule has 6 atom stereocenters. The molecule has 3 heterocycles. The van der Waals surface area contributed by atoms with Gasteiger partial charge in [-0.1, -0.05) is 123 Å². The Kier molecular flexibility index (Phi) is 16.3. The quantitative estimate of drug-likeness (QED) is 0.0369. The Hall–Kier alpha value is -7.52. The summed E-state index contributed by atoms with van der Waals surface area (Å²) >= 11 is 0. The second kappa shape index (κ2) is 23.4. The number of nitrogens with one attached hydrogen (secondary N) is 2. The summed E-state index contributed by atoms with van der Waals surface area (Å²) in [6.45, 7) is 11.0. The molecular weight excluding hydrogens is 1020 g/mol. The van der Waals surface area contributed by atoms with Crippen LogP contribution >= 0.6 is 8.25 Å². The van der Waals surface area contributed by atoms with E-state index in [1.54, 1.807) is 32.6 Å². The summed E-state index contributed by atoms with van der Waals surface area (Å²) in [5.74, 6) is 0.396. The van der Waals surface area contributed by atoms with Gasteiger partial charge in [0.25, 0.3) is 5.56 Å². The highest BCUT2D eigenvalue weighted by Crippen LogP contribution is 2.46. The fourth-order valence-electron chi connectivity index (χ4n) is 11.0. The number of methoxy groups -OCH3 is 2. The molecular formula is C61H64N7O10P. The Labute approximate surface area is 458 Å². The topological polar surface area (TPSA) is 201 Å². The van der Waals surface area contributed by atoms with E-state index >= 15 is 0 Å². The SMILES string of the molecule is COc1ccc(C(OC[C@H]2O[C@@H](n3cnc4c(=O)[nH]c(NC(=O)C(C)C)nc43)C(OCc3ccc4ccc5cccc6ccc3c4c56)C2O[PH](=O)OCC(C#N)N(C(C)C)C(C)C)(c2ccccc2)c2ccc(OC)cc2)cc1. The Balaban J connectivity index is 1.11. The predicted molar refractivity (Wildman–Crippen MR) is 304 cm³/mol. The number of H-pyrrole nitrogens is 1. The van der Waals surface area contributed by atoms with Crippen LogP contribution in [0.25, 0.3) is 43.5 Å². The number of nitriles is 1. The summed E-state index contributed by atoms with van der Waals surface area (Å²) in [5, 5.41) is 19.6. The van der Waals surface area contributed by atoms with Crippen LogP contribution in [-0.4, -0.2) is 94.2 Å². The molecule has 2 aromatic heterocycles. The lowest BCUT2D eigenvalue weighted by Gasteiger charge is -2.37. The molecule has 9 aromatic rings. The number of fused-ring (bicyclic) bond motifs is 1. The number of ether oxygens (including phenoxy) is 5. The molecule has 1 fully saturated rings. The van der Waals surface area contributed by atoms with Crippen molar-refractivity contribution in [1.82, 2.24) is 24.4 Å². The minimum Gasteiger partial charge on any atom is -0.497 e. The molecule has 2 N–H and O–H groups in total. The van der Waals surface area contributed by atoms with Gasteiger partial charge in [0.2, 0.25) is 11.9 Å². The zero-order valence-electron chi connectivity index (χ0n) is 45.3. The number of hydrogen-bond donors (Lipinski definition) is 2. The van der Waals surface area contributed by atoms with E-state index in [9.17, 15) is 19.4 Å². The van der Waals surface area contributed by atoms with Gasteiger partial charge in [0.15, 0.2) is 17.4 Å². The molecule has 408 valence electrons. The number of imidazole rings is 1. The monoisotopic (exact) mass is 1090 g/mol. The van der Waals surface area contributed by atoms with Crippen molar-refractivity contribution < 1.29 is 42.1 Å². The summed E-state index contributed by atoms with van der Waals surface area (Å²) in [6, 6.07) is 45.3. The van der Waals surface area contributed by atoms with Gasteiger partial charge in [0.05, 0.1) is 46.4 Å². The molecule has 1 amide bonds. The molecule has 79 heavy (non-hydrogen) atoms. The number of aromatic nitrogens is 4. The van der Waals surface area contributed by atoms with Gasteiger partial charge in [-0.05, 0) is 107 Å². The van der Waals surface area contributed by atoms with Crippen LogP contribution in [0.5, 0.6) is 11.5 Å². The fourth-order valence-corrected chi connectivity index (χ4v) is 11.9. The van der Waals surface area contributed by atoms with Crippen LogP contribution in [0.4, 0.5) is 5.95 Å². The fraction of sp³-hybridized carbons (Fsp3) is 0.328. The van der Waals surface area contributed by atoms with Crippen molar-refractivity contribution in [3.05, 3.63) is 172 Å². The molecule has 0 aliphatic carbocycles. The number of rotatable bonds is 22. The number of carbonyl (C=O) groups is 1. The third-order valence-corrected chi connectivity index (χ3v) is 15.6. The van der Waals surface area contributed by atoms with Crippen molar-refractivity contribution >= 4 is 63.6 Å². The highest BCUT2D eigenvalue weighted by atomic mass is 31.1. The van der Waals surface area contributed by atoms with Crippen LogP contribution < -0.4 is 20.3 Å². The second-order valence-corrected chi connectivity index (χ2v) is 21.6. The van der Waals surface area contributed by atoms with Gasteiger partial charge in [0.1, 0.15) is 41.5 Å². The van der Waals surface area contributed by atoms with Crippen LogP contribution in [0.15, 0.2) is 145 Å². The minimum absolute atomic E-state index is 0.0180. The average molecular weight is 1090 g/mol. The third-order valence-electron chi connectivity index (χ3n) is 14.7. The van der Waals surface area contributed by atoms with Crippen LogP contribution in [0.1, 0.15) is 70.0 Å². The normalized spacial score (nSPS) is 17.7. The Morgan fingerprint density at radius 2 is 1.41 bits per heavy atom. The number of carbonyl (C=O) groups excluding carboxylic acids is 1. The van der Waals surface area contributed by atoms with E-state index in [1.165, 1.54) is 6.33 Å². The molecule has 0 radical (unpaired) electrons. The van der Waals surface area contributed by atoms with Crippen LogP contribution in [0.2, 0.25) is 0 Å². The van der Waals surface area contributed by atoms with Crippen LogP contribution in [-0.2, 0) is 44.8 Å². The van der Waals surface area contributed by atoms with E-state index in [0.717, 1.165) is 54.6 Å². The molecule has 7 aromatic carbocycles. The molecule has 10 rings (SSSR count). The molecule has 0 saturated carbocycles. The van der Waals surface area contributed by atoms with Crippen molar-refractivity contribution in [3.8, 4) is 17.6 Å². The van der Waals surface area contributed by atoms with Gasteiger partial charge in [-0.15, -0.1) is 0 Å². The predicted octanol–water partition coefficient (Wildman–Crippen LogP) is 10.9. The lowest BCUT2D eigenvalue weighted by molar-refractivity contribution is -0.118. The Morgan fingerprint density at radius 3 is 2.01 bits per heavy atom. The highest BCUT2D eigenvalue weighted by Gasteiger charge is 2.51. The van der Waals surface area contributed by atoms with Crippen molar-refractivity contribution in [1.29, 1.82) is 5.26 Å². The summed E-state index contributed by atoms with van der Waals surface area (Å²) in [5.41, 5.74) is 1.24. The number of hydrogen-bond acceptors (Lipinski definition) is 14. The van der Waals surface area contributed by atoms with Gasteiger partial charge >= 0.3 is 8.25 Å². The van der Waals surface area contributed by atoms with E-state index in [4.69, 9.17) is 37.7 Å². The summed E-state index contributed by atoms with van der Waals surface area (Å²) in [7, 11) is -0.271. The van der Waals surface area contributed by atoms with Crippen molar-refractivity contribution in [3.63, 3.8) is 0 Å². The number of anilines is 1. The van der Waals surface area contributed by atoms with Gasteiger partial charge in [-0.25, -0.2) is 4.98 Å². The van der Waals surface area contributed by atoms with Crippen molar-refractivity contribution in [2.45, 2.75) is 96.4 Å². The first-order valence-electron chi connectivity index (χ1n) is 26.4. The number of aromatic amines is 1. The zero-order valence-corrected chi connectivity index (χ0v) is 46.3. The Morgan fingerprint density at radius 1 is 0.797 bits per heavy atom. The number of benzene rings is 7. The summed E-state index contributed by atoms with van der Waals surface area (Å²) in [6.07, 6.45) is -3.21.